The molecule has 17 heavy (non-hydrogen) atoms. The molecule has 2 aromatic rings. The van der Waals surface area contributed by atoms with Crippen LogP contribution in [0.3, 0.4) is 0 Å². The molecule has 3 rings (SSSR count). The lowest BCUT2D eigenvalue weighted by molar-refractivity contribution is 0.145. The Bertz CT molecular complexity index is 520. The predicted octanol–water partition coefficient (Wildman–Crippen LogP) is 4.00. The number of hydrogen-bond acceptors (Lipinski definition) is 2. The van der Waals surface area contributed by atoms with E-state index in [4.69, 9.17) is 4.74 Å². The number of halogens is 1. The number of para-hydroxylation sites is 1. The van der Waals surface area contributed by atoms with Crippen LogP contribution in [0.5, 0.6) is 0 Å². The number of nitrogens with zero attached hydrogens (tertiary/aromatic N) is 1. The first-order valence-electron chi connectivity index (χ1n) is 5.50. The summed E-state index contributed by atoms with van der Waals surface area (Å²) >= 11 is 5.43. The Kier molecular flexibility index (Phi) is 3.27. The van der Waals surface area contributed by atoms with Crippen molar-refractivity contribution in [2.24, 2.45) is 0 Å². The fraction of sp³-hybridized carbons (Fsp3) is 0.231. The van der Waals surface area contributed by atoms with Crippen LogP contribution in [0.1, 0.15) is 11.0 Å². The van der Waals surface area contributed by atoms with Gasteiger partial charge in [0.15, 0.2) is 0 Å². The summed E-state index contributed by atoms with van der Waals surface area (Å²) in [5.74, 6) is 1.09. The lowest BCUT2D eigenvalue weighted by Gasteiger charge is -2.07. The standard InChI is InChI=1S/C13H12BrNOS/c14-11-3-1-2-4-12(11)15-6-5-10(9-15)13-16-7-8-17-13/h1-6,9,13H,7-8H2. The summed E-state index contributed by atoms with van der Waals surface area (Å²) in [6, 6.07) is 10.3. The molecule has 1 aromatic carbocycles. The van der Waals surface area contributed by atoms with E-state index >= 15 is 0 Å². The third kappa shape index (κ3) is 2.30. The van der Waals surface area contributed by atoms with Crippen molar-refractivity contribution in [3.63, 3.8) is 0 Å². The van der Waals surface area contributed by atoms with E-state index in [1.54, 1.807) is 0 Å². The van der Waals surface area contributed by atoms with E-state index in [9.17, 15) is 0 Å². The molecule has 0 aliphatic carbocycles. The average molecular weight is 310 g/mol. The molecule has 1 aliphatic rings. The second-order valence-electron chi connectivity index (χ2n) is 3.88. The average Bonchev–Trinajstić information content (AvgIpc) is 3.00. The van der Waals surface area contributed by atoms with E-state index in [0.717, 1.165) is 22.5 Å². The molecule has 0 N–H and O–H groups in total. The fourth-order valence-electron chi connectivity index (χ4n) is 1.91. The van der Waals surface area contributed by atoms with Gasteiger partial charge in [-0.1, -0.05) is 12.1 Å². The molecular weight excluding hydrogens is 298 g/mol. The molecule has 1 unspecified atom stereocenters. The third-order valence-corrected chi connectivity index (χ3v) is 4.52. The molecule has 0 amide bonds. The van der Waals surface area contributed by atoms with Gasteiger partial charge in [0.05, 0.1) is 12.3 Å². The van der Waals surface area contributed by atoms with Gasteiger partial charge >= 0.3 is 0 Å². The molecule has 1 atom stereocenters. The van der Waals surface area contributed by atoms with Crippen molar-refractivity contribution in [1.82, 2.24) is 4.57 Å². The first-order valence-corrected chi connectivity index (χ1v) is 7.35. The molecule has 0 radical (unpaired) electrons. The van der Waals surface area contributed by atoms with Crippen molar-refractivity contribution in [3.8, 4) is 5.69 Å². The quantitative estimate of drug-likeness (QED) is 0.832. The fourth-order valence-corrected chi connectivity index (χ4v) is 3.33. The maximum absolute atomic E-state index is 5.66. The van der Waals surface area contributed by atoms with Gasteiger partial charge in [-0.2, -0.15) is 0 Å². The summed E-state index contributed by atoms with van der Waals surface area (Å²) in [5, 5.41) is 0. The molecule has 0 spiro atoms. The molecule has 1 fully saturated rings. The van der Waals surface area contributed by atoms with Gasteiger partial charge < -0.3 is 9.30 Å². The SMILES string of the molecule is Brc1ccccc1-n1ccc(C2OCCS2)c1. The van der Waals surface area contributed by atoms with E-state index in [1.165, 1.54) is 5.56 Å². The zero-order valence-electron chi connectivity index (χ0n) is 9.17. The molecule has 0 saturated carbocycles. The largest absolute Gasteiger partial charge is 0.362 e. The second-order valence-corrected chi connectivity index (χ2v) is 5.90. The Balaban J connectivity index is 1.92. The highest BCUT2D eigenvalue weighted by molar-refractivity contribution is 9.10. The first-order chi connectivity index (χ1) is 8.34. The van der Waals surface area contributed by atoms with E-state index in [-0.39, 0.29) is 5.44 Å². The summed E-state index contributed by atoms with van der Waals surface area (Å²) < 4.78 is 8.88. The first kappa shape index (κ1) is 11.4. The molecule has 1 saturated heterocycles. The van der Waals surface area contributed by atoms with Crippen LogP contribution >= 0.6 is 27.7 Å². The van der Waals surface area contributed by atoms with Crippen LogP contribution in [0.4, 0.5) is 0 Å². The molecule has 2 nitrogen and oxygen atoms in total. The number of aromatic nitrogens is 1. The van der Waals surface area contributed by atoms with Crippen LogP contribution in [0.2, 0.25) is 0 Å². The van der Waals surface area contributed by atoms with Gasteiger partial charge in [0.2, 0.25) is 0 Å². The zero-order chi connectivity index (χ0) is 11.7. The third-order valence-electron chi connectivity index (χ3n) is 2.74. The smallest absolute Gasteiger partial charge is 0.130 e. The molecular formula is C13H12BrNOS. The van der Waals surface area contributed by atoms with Crippen LogP contribution in [0.25, 0.3) is 5.69 Å². The summed E-state index contributed by atoms with van der Waals surface area (Å²) in [4.78, 5) is 0. The van der Waals surface area contributed by atoms with Crippen LogP contribution in [0, 0.1) is 0 Å². The molecule has 2 heterocycles. The molecule has 1 aromatic heterocycles. The van der Waals surface area contributed by atoms with E-state index in [1.807, 2.05) is 23.9 Å². The molecule has 0 bridgehead atoms. The van der Waals surface area contributed by atoms with Gasteiger partial charge in [-0.25, -0.2) is 0 Å². The van der Waals surface area contributed by atoms with E-state index in [2.05, 4.69) is 51.1 Å². The Morgan fingerprint density at radius 3 is 2.94 bits per heavy atom. The lowest BCUT2D eigenvalue weighted by Crippen LogP contribution is -1.93. The lowest BCUT2D eigenvalue weighted by atomic mass is 10.3. The van der Waals surface area contributed by atoms with E-state index in [0.29, 0.717) is 0 Å². The Labute approximate surface area is 113 Å². The van der Waals surface area contributed by atoms with Crippen molar-refractivity contribution in [2.45, 2.75) is 5.44 Å². The van der Waals surface area contributed by atoms with Gasteiger partial charge in [0, 0.05) is 28.2 Å². The number of ether oxygens (including phenoxy) is 1. The Morgan fingerprint density at radius 1 is 1.29 bits per heavy atom. The monoisotopic (exact) mass is 309 g/mol. The van der Waals surface area contributed by atoms with Crippen molar-refractivity contribution >= 4 is 27.7 Å². The zero-order valence-corrected chi connectivity index (χ0v) is 11.6. The minimum atomic E-state index is 0.207. The predicted molar refractivity (Wildman–Crippen MR) is 74.6 cm³/mol. The highest BCUT2D eigenvalue weighted by Gasteiger charge is 2.19. The topological polar surface area (TPSA) is 14.2 Å². The van der Waals surface area contributed by atoms with Crippen LogP contribution < -0.4 is 0 Å². The van der Waals surface area contributed by atoms with Gasteiger partial charge in [0.1, 0.15) is 5.44 Å². The number of hydrogen-bond donors (Lipinski definition) is 0. The van der Waals surface area contributed by atoms with E-state index < -0.39 is 0 Å². The van der Waals surface area contributed by atoms with Crippen molar-refractivity contribution < 1.29 is 4.74 Å². The second kappa shape index (κ2) is 4.88. The molecule has 88 valence electrons. The summed E-state index contributed by atoms with van der Waals surface area (Å²) in [5.41, 5.74) is 2.60. The van der Waals surface area contributed by atoms with Crippen molar-refractivity contribution in [3.05, 3.63) is 52.8 Å². The minimum absolute atomic E-state index is 0.207. The number of thioether (sulfide) groups is 1. The van der Waals surface area contributed by atoms with Crippen molar-refractivity contribution in [1.29, 1.82) is 0 Å². The van der Waals surface area contributed by atoms with Crippen LogP contribution in [0.15, 0.2) is 47.2 Å². The molecule has 4 heteroatoms. The van der Waals surface area contributed by atoms with Gasteiger partial charge in [-0.05, 0) is 34.1 Å². The maximum atomic E-state index is 5.66. The highest BCUT2D eigenvalue weighted by atomic mass is 79.9. The van der Waals surface area contributed by atoms with Gasteiger partial charge in [-0.15, -0.1) is 11.8 Å². The van der Waals surface area contributed by atoms with Crippen LogP contribution in [-0.4, -0.2) is 16.9 Å². The maximum Gasteiger partial charge on any atom is 0.130 e. The minimum Gasteiger partial charge on any atom is -0.362 e. The summed E-state index contributed by atoms with van der Waals surface area (Å²) in [6.45, 7) is 0.857. The van der Waals surface area contributed by atoms with Gasteiger partial charge in [-0.3, -0.25) is 0 Å². The van der Waals surface area contributed by atoms with Gasteiger partial charge in [0.25, 0.3) is 0 Å². The number of rotatable bonds is 2. The normalized spacial score (nSPS) is 19.7. The summed E-state index contributed by atoms with van der Waals surface area (Å²) in [6.07, 6.45) is 4.22. The van der Waals surface area contributed by atoms with Crippen LogP contribution in [-0.2, 0) is 4.74 Å². The number of benzene rings is 1. The van der Waals surface area contributed by atoms with Crippen molar-refractivity contribution in [2.75, 3.05) is 12.4 Å². The molecule has 1 aliphatic heterocycles. The highest BCUT2D eigenvalue weighted by Crippen LogP contribution is 2.35. The Morgan fingerprint density at radius 2 is 2.18 bits per heavy atom. The summed E-state index contributed by atoms with van der Waals surface area (Å²) in [7, 11) is 0. The Hall–Kier alpha value is -0.710.